The Bertz CT molecular complexity index is 735. The second-order valence-electron chi connectivity index (χ2n) is 4.80. The lowest BCUT2D eigenvalue weighted by Crippen LogP contribution is -2.36. The van der Waals surface area contributed by atoms with Gasteiger partial charge in [-0.2, -0.15) is 5.26 Å². The highest BCUT2D eigenvalue weighted by Gasteiger charge is 2.29. The van der Waals surface area contributed by atoms with Gasteiger partial charge in [0, 0.05) is 10.5 Å². The summed E-state index contributed by atoms with van der Waals surface area (Å²) in [6, 6.07) is 8.63. The van der Waals surface area contributed by atoms with E-state index in [1.54, 1.807) is 18.2 Å². The molecule has 0 saturated carbocycles. The third kappa shape index (κ3) is 4.41. The maximum absolute atomic E-state index is 12.0. The Morgan fingerprint density at radius 3 is 2.81 bits per heavy atom. The zero-order chi connectivity index (χ0) is 15.5. The zero-order valence-corrected chi connectivity index (χ0v) is 13.4. The molecule has 2 rings (SSSR count). The van der Waals surface area contributed by atoms with Crippen molar-refractivity contribution < 1.29 is 13.2 Å². The van der Waals surface area contributed by atoms with E-state index in [1.165, 1.54) is 6.08 Å². The van der Waals surface area contributed by atoms with Gasteiger partial charge in [-0.1, -0.05) is 28.1 Å². The van der Waals surface area contributed by atoms with Crippen LogP contribution in [0.3, 0.4) is 0 Å². The van der Waals surface area contributed by atoms with Crippen LogP contribution in [-0.4, -0.2) is 31.9 Å². The summed E-state index contributed by atoms with van der Waals surface area (Å²) in [6.07, 6.45) is 1.87. The van der Waals surface area contributed by atoms with Gasteiger partial charge >= 0.3 is 0 Å². The third-order valence-electron chi connectivity index (χ3n) is 3.09. The smallest absolute Gasteiger partial charge is 0.262 e. The second kappa shape index (κ2) is 6.41. The van der Waals surface area contributed by atoms with Gasteiger partial charge in [-0.15, -0.1) is 0 Å². The minimum atomic E-state index is -3.06. The summed E-state index contributed by atoms with van der Waals surface area (Å²) < 4.78 is 23.6. The average Bonchev–Trinajstić information content (AvgIpc) is 2.75. The molecule has 0 radical (unpaired) electrons. The first-order valence-electron chi connectivity index (χ1n) is 6.28. The first-order chi connectivity index (χ1) is 9.89. The molecule has 1 aromatic carbocycles. The van der Waals surface area contributed by atoms with Crippen molar-refractivity contribution in [3.63, 3.8) is 0 Å². The van der Waals surface area contributed by atoms with E-state index in [0.29, 0.717) is 6.42 Å². The molecule has 21 heavy (non-hydrogen) atoms. The molecule has 7 heteroatoms. The van der Waals surface area contributed by atoms with Gasteiger partial charge in [-0.3, -0.25) is 4.79 Å². The lowest BCUT2D eigenvalue weighted by molar-refractivity contribution is -0.117. The maximum atomic E-state index is 12.0. The first kappa shape index (κ1) is 15.7. The number of hydrogen-bond acceptors (Lipinski definition) is 4. The second-order valence-corrected chi connectivity index (χ2v) is 7.94. The highest BCUT2D eigenvalue weighted by atomic mass is 79.9. The molecule has 1 N–H and O–H groups in total. The van der Waals surface area contributed by atoms with Crippen LogP contribution in [0.15, 0.2) is 34.3 Å². The van der Waals surface area contributed by atoms with Crippen molar-refractivity contribution in [2.45, 2.75) is 12.5 Å². The summed E-state index contributed by atoms with van der Waals surface area (Å²) in [6.45, 7) is 0. The molecule has 0 bridgehead atoms. The zero-order valence-electron chi connectivity index (χ0n) is 11.0. The van der Waals surface area contributed by atoms with Gasteiger partial charge in [0.15, 0.2) is 9.84 Å². The fourth-order valence-electron chi connectivity index (χ4n) is 2.08. The van der Waals surface area contributed by atoms with Gasteiger partial charge in [-0.05, 0) is 30.2 Å². The first-order valence-corrected chi connectivity index (χ1v) is 8.90. The van der Waals surface area contributed by atoms with Crippen LogP contribution >= 0.6 is 15.9 Å². The van der Waals surface area contributed by atoms with Crippen molar-refractivity contribution in [2.75, 3.05) is 11.5 Å². The Labute approximate surface area is 131 Å². The van der Waals surface area contributed by atoms with E-state index in [-0.39, 0.29) is 17.1 Å². The van der Waals surface area contributed by atoms with Crippen molar-refractivity contribution in [2.24, 2.45) is 0 Å². The number of halogens is 1. The molecule has 1 fully saturated rings. The highest BCUT2D eigenvalue weighted by Crippen LogP contribution is 2.15. The summed E-state index contributed by atoms with van der Waals surface area (Å²) in [5, 5.41) is 11.7. The lowest BCUT2D eigenvalue weighted by Gasteiger charge is -2.09. The van der Waals surface area contributed by atoms with E-state index >= 15 is 0 Å². The molecule has 5 nitrogen and oxygen atoms in total. The molecular weight excluding hydrogens is 356 g/mol. The number of benzene rings is 1. The van der Waals surface area contributed by atoms with Gasteiger partial charge in [0.05, 0.1) is 11.5 Å². The molecule has 1 saturated heterocycles. The molecule has 1 aliphatic heterocycles. The number of sulfone groups is 1. The van der Waals surface area contributed by atoms with Crippen LogP contribution in [0.2, 0.25) is 0 Å². The van der Waals surface area contributed by atoms with Crippen molar-refractivity contribution in [3.8, 4) is 6.07 Å². The quantitative estimate of drug-likeness (QED) is 0.649. The van der Waals surface area contributed by atoms with E-state index < -0.39 is 21.8 Å². The number of rotatable bonds is 3. The highest BCUT2D eigenvalue weighted by molar-refractivity contribution is 9.10. The summed E-state index contributed by atoms with van der Waals surface area (Å²) in [4.78, 5) is 12.0. The molecule has 1 aliphatic rings. The van der Waals surface area contributed by atoms with Gasteiger partial charge in [0.1, 0.15) is 11.6 Å². The molecule has 110 valence electrons. The van der Waals surface area contributed by atoms with E-state index in [4.69, 9.17) is 5.26 Å². The maximum Gasteiger partial charge on any atom is 0.262 e. The Morgan fingerprint density at radius 1 is 1.48 bits per heavy atom. The number of carbonyl (C=O) groups excluding carboxylic acids is 1. The van der Waals surface area contributed by atoms with Crippen LogP contribution in [0, 0.1) is 11.3 Å². The topological polar surface area (TPSA) is 87.0 Å². The number of amides is 1. The van der Waals surface area contributed by atoms with E-state index in [1.807, 2.05) is 12.1 Å². The third-order valence-corrected chi connectivity index (χ3v) is 5.35. The summed E-state index contributed by atoms with van der Waals surface area (Å²) >= 11 is 3.32. The van der Waals surface area contributed by atoms with Crippen LogP contribution in [0.25, 0.3) is 6.08 Å². The van der Waals surface area contributed by atoms with E-state index in [2.05, 4.69) is 21.2 Å². The van der Waals surface area contributed by atoms with Gasteiger partial charge in [0.2, 0.25) is 0 Å². The molecule has 1 unspecified atom stereocenters. The molecule has 1 aromatic rings. The van der Waals surface area contributed by atoms with Crippen LogP contribution in [0.5, 0.6) is 0 Å². The summed E-state index contributed by atoms with van der Waals surface area (Å²) in [5.41, 5.74) is 0.674. The minimum Gasteiger partial charge on any atom is -0.348 e. The van der Waals surface area contributed by atoms with Crippen molar-refractivity contribution in [3.05, 3.63) is 39.9 Å². The SMILES string of the molecule is N#CC(=Cc1cccc(Br)c1)C(=O)NC1CCS(=O)(=O)C1. The molecular formula is C14H13BrN2O3S. The largest absolute Gasteiger partial charge is 0.348 e. The fourth-order valence-corrected chi connectivity index (χ4v) is 4.17. The molecule has 1 atom stereocenters. The number of nitrogens with one attached hydrogen (secondary N) is 1. The van der Waals surface area contributed by atoms with Gasteiger partial charge in [-0.25, -0.2) is 8.42 Å². The Kier molecular flexibility index (Phi) is 4.80. The lowest BCUT2D eigenvalue weighted by atomic mass is 10.1. The Balaban J connectivity index is 2.11. The number of hydrogen-bond donors (Lipinski definition) is 1. The van der Waals surface area contributed by atoms with Crippen LogP contribution < -0.4 is 5.32 Å². The van der Waals surface area contributed by atoms with Crippen LogP contribution in [0.4, 0.5) is 0 Å². The predicted octanol–water partition coefficient (Wildman–Crippen LogP) is 1.66. The summed E-state index contributed by atoms with van der Waals surface area (Å²) in [5.74, 6) is -0.525. The van der Waals surface area contributed by atoms with Gasteiger partial charge in [0.25, 0.3) is 5.91 Å². The predicted molar refractivity (Wildman–Crippen MR) is 82.9 cm³/mol. The van der Waals surface area contributed by atoms with E-state index in [0.717, 1.165) is 10.0 Å². The van der Waals surface area contributed by atoms with Crippen molar-refractivity contribution in [1.82, 2.24) is 5.32 Å². The van der Waals surface area contributed by atoms with Crippen molar-refractivity contribution in [1.29, 1.82) is 5.26 Å². The van der Waals surface area contributed by atoms with Crippen LogP contribution in [-0.2, 0) is 14.6 Å². The minimum absolute atomic E-state index is 0.0441. The number of nitriles is 1. The standard InChI is InChI=1S/C14H13BrN2O3S/c15-12-3-1-2-10(7-12)6-11(8-16)14(18)17-13-4-5-21(19,20)9-13/h1-3,6-7,13H,4-5,9H2,(H,17,18). The molecule has 0 aliphatic carbocycles. The molecule has 1 heterocycles. The van der Waals surface area contributed by atoms with Crippen LogP contribution in [0.1, 0.15) is 12.0 Å². The molecule has 1 amide bonds. The average molecular weight is 369 g/mol. The Morgan fingerprint density at radius 2 is 2.24 bits per heavy atom. The normalized spacial score (nSPS) is 20.8. The summed E-state index contributed by atoms with van der Waals surface area (Å²) in [7, 11) is -3.06. The monoisotopic (exact) mass is 368 g/mol. The van der Waals surface area contributed by atoms with Crippen molar-refractivity contribution >= 4 is 37.8 Å². The number of nitrogens with zero attached hydrogens (tertiary/aromatic N) is 1. The Hall–Kier alpha value is -1.65. The molecule has 0 spiro atoms. The van der Waals surface area contributed by atoms with Gasteiger partial charge < -0.3 is 5.32 Å². The molecule has 0 aromatic heterocycles. The van der Waals surface area contributed by atoms with E-state index in [9.17, 15) is 13.2 Å². The fraction of sp³-hybridized carbons (Fsp3) is 0.286. The number of carbonyl (C=O) groups is 1.